The lowest BCUT2D eigenvalue weighted by molar-refractivity contribution is -0.153. The highest BCUT2D eigenvalue weighted by Crippen LogP contribution is 2.45. The number of amides is 1. The number of ether oxygens (including phenoxy) is 1. The van der Waals surface area contributed by atoms with Gasteiger partial charge in [0, 0.05) is 30.9 Å². The number of hydrogen-bond acceptors (Lipinski definition) is 5. The lowest BCUT2D eigenvalue weighted by atomic mass is 9.89. The van der Waals surface area contributed by atoms with Crippen molar-refractivity contribution in [2.45, 2.75) is 42.7 Å². The number of fused-ring (bicyclic) bond motifs is 2. The summed E-state index contributed by atoms with van der Waals surface area (Å²) in [4.78, 5) is 39.2. The Kier molecular flexibility index (Phi) is 7.77. The fourth-order valence-electron chi connectivity index (χ4n) is 5.00. The molecule has 3 unspecified atom stereocenters. The Morgan fingerprint density at radius 1 is 1.16 bits per heavy atom. The molecule has 37 heavy (non-hydrogen) atoms. The van der Waals surface area contributed by atoms with Gasteiger partial charge in [-0.25, -0.2) is 4.79 Å². The first-order valence-corrected chi connectivity index (χ1v) is 14.0. The smallest absolute Gasteiger partial charge is 0.352 e. The predicted octanol–water partition coefficient (Wildman–Crippen LogP) is 5.15. The number of benzene rings is 2. The van der Waals surface area contributed by atoms with Gasteiger partial charge in [-0.2, -0.15) is 0 Å². The number of carbonyl (C=O) groups is 3. The molecule has 2 aromatic rings. The van der Waals surface area contributed by atoms with Gasteiger partial charge < -0.3 is 9.84 Å². The van der Waals surface area contributed by atoms with Crippen molar-refractivity contribution in [1.29, 1.82) is 0 Å². The van der Waals surface area contributed by atoms with Crippen LogP contribution in [-0.4, -0.2) is 44.4 Å². The number of hydrogen-bond donors (Lipinski definition) is 1. The number of nitrogens with zero attached hydrogens (tertiary/aromatic N) is 1. The highest BCUT2D eigenvalue weighted by atomic mass is 35.5. The van der Waals surface area contributed by atoms with Crippen molar-refractivity contribution in [2.24, 2.45) is 5.92 Å². The van der Waals surface area contributed by atoms with Gasteiger partial charge in [-0.1, -0.05) is 66.2 Å². The summed E-state index contributed by atoms with van der Waals surface area (Å²) in [7, 11) is 0. The molecule has 0 aromatic heterocycles. The summed E-state index contributed by atoms with van der Waals surface area (Å²) in [6.07, 6.45) is 4.55. The van der Waals surface area contributed by atoms with Crippen molar-refractivity contribution in [3.8, 4) is 0 Å². The monoisotopic (exact) mass is 557 g/mol. The maximum atomic E-state index is 13.0. The number of allylic oxidation sites excluding steroid dienone is 1. The van der Waals surface area contributed by atoms with E-state index in [4.69, 9.17) is 27.9 Å². The zero-order valence-corrected chi connectivity index (χ0v) is 22.2. The van der Waals surface area contributed by atoms with Crippen LogP contribution in [0.1, 0.15) is 34.2 Å². The van der Waals surface area contributed by atoms with Crippen LogP contribution in [-0.2, 0) is 44.4 Å². The fraction of sp³-hybridized carbons (Fsp3) is 0.321. The number of carboxylic acids is 1. The van der Waals surface area contributed by atoms with Gasteiger partial charge in [0.2, 0.25) is 5.91 Å². The average Bonchev–Trinajstić information content (AvgIpc) is 2.89. The van der Waals surface area contributed by atoms with E-state index in [-0.39, 0.29) is 41.2 Å². The van der Waals surface area contributed by atoms with Gasteiger partial charge in [-0.05, 0) is 33.4 Å². The van der Waals surface area contributed by atoms with Crippen LogP contribution in [0.15, 0.2) is 59.8 Å². The number of thioether (sulfide) groups is 1. The lowest BCUT2D eigenvalue weighted by Crippen LogP contribution is -2.61. The largest absolute Gasteiger partial charge is 0.477 e. The van der Waals surface area contributed by atoms with E-state index in [0.29, 0.717) is 30.2 Å². The Hall–Kier alpha value is -2.58. The number of Topliss-reactive ketones (excluding diaryl/α,β-unsaturated/α-hetero) is 1. The van der Waals surface area contributed by atoms with E-state index in [0.717, 1.165) is 27.8 Å². The number of rotatable bonds is 8. The summed E-state index contributed by atoms with van der Waals surface area (Å²) in [5, 5.41) is 9.64. The fourth-order valence-corrected chi connectivity index (χ4v) is 6.85. The van der Waals surface area contributed by atoms with E-state index in [1.807, 2.05) is 48.5 Å². The maximum absolute atomic E-state index is 13.0. The molecule has 1 saturated heterocycles. The molecular formula is C28H25Cl2NO5S. The van der Waals surface area contributed by atoms with E-state index in [2.05, 4.69) is 0 Å². The number of ketones is 1. The molecule has 9 heteroatoms. The van der Waals surface area contributed by atoms with E-state index in [1.54, 1.807) is 6.08 Å². The Morgan fingerprint density at radius 3 is 2.68 bits per heavy atom. The third kappa shape index (κ3) is 5.36. The minimum absolute atomic E-state index is 0.0173. The molecule has 1 N–H and O–H groups in total. The van der Waals surface area contributed by atoms with Crippen LogP contribution >= 0.6 is 35.0 Å². The van der Waals surface area contributed by atoms with Gasteiger partial charge in [-0.3, -0.25) is 14.5 Å². The zero-order chi connectivity index (χ0) is 26.1. The molecule has 1 amide bonds. The molecule has 0 bridgehead atoms. The Morgan fingerprint density at radius 2 is 1.95 bits per heavy atom. The second kappa shape index (κ2) is 11.0. The van der Waals surface area contributed by atoms with Crippen LogP contribution in [0.3, 0.4) is 0 Å². The van der Waals surface area contributed by atoms with Gasteiger partial charge in [0.25, 0.3) is 0 Å². The van der Waals surface area contributed by atoms with Crippen LogP contribution in [0.2, 0.25) is 0 Å². The molecule has 3 aliphatic rings. The first-order valence-electron chi connectivity index (χ1n) is 12.0. The summed E-state index contributed by atoms with van der Waals surface area (Å²) in [5.74, 6) is -1.28. The molecule has 3 aliphatic heterocycles. The van der Waals surface area contributed by atoms with E-state index in [1.165, 1.54) is 16.7 Å². The van der Waals surface area contributed by atoms with Crippen LogP contribution in [0, 0.1) is 5.92 Å². The van der Waals surface area contributed by atoms with Gasteiger partial charge in [0.05, 0.1) is 17.9 Å². The highest BCUT2D eigenvalue weighted by Gasteiger charge is 2.53. The molecule has 0 saturated carbocycles. The summed E-state index contributed by atoms with van der Waals surface area (Å²) >= 11 is 13.8. The van der Waals surface area contributed by atoms with Crippen LogP contribution in [0.25, 0.3) is 6.08 Å². The second-order valence-corrected chi connectivity index (χ2v) is 11.2. The van der Waals surface area contributed by atoms with E-state index in [9.17, 15) is 19.5 Å². The van der Waals surface area contributed by atoms with Crippen LogP contribution in [0.5, 0.6) is 0 Å². The van der Waals surface area contributed by atoms with E-state index < -0.39 is 11.9 Å². The van der Waals surface area contributed by atoms with Crippen molar-refractivity contribution < 1.29 is 24.2 Å². The minimum atomic E-state index is -1.16. The molecule has 192 valence electrons. The standard InChI is InChI=1S/C28H25Cl2NO5S/c29-13-20-10-21-14-36-24(30)11-19(21)9-17(20)6-7-18-15-37-27-23(26(33)31(27)25(18)28(34)35)12-22(32)8-16-4-2-1-3-5-16/h1-7,9-10,23-24,27H,8,11-15H2,(H,34,35)/b7-6+. The molecule has 2 aromatic carbocycles. The number of halogens is 2. The van der Waals surface area contributed by atoms with Gasteiger partial charge in [-0.15, -0.1) is 23.4 Å². The van der Waals surface area contributed by atoms with Crippen molar-refractivity contribution in [1.82, 2.24) is 4.90 Å². The molecule has 0 spiro atoms. The van der Waals surface area contributed by atoms with Crippen molar-refractivity contribution >= 4 is 58.7 Å². The first kappa shape index (κ1) is 26.0. The van der Waals surface area contributed by atoms with Crippen molar-refractivity contribution in [3.05, 3.63) is 87.6 Å². The molecule has 0 aliphatic carbocycles. The van der Waals surface area contributed by atoms with Gasteiger partial charge in [0.1, 0.15) is 17.0 Å². The number of aliphatic carboxylic acids is 1. The normalized spacial score (nSPS) is 23.0. The first-order chi connectivity index (χ1) is 17.9. The quantitative estimate of drug-likeness (QED) is 0.357. The Labute approximate surface area is 229 Å². The summed E-state index contributed by atoms with van der Waals surface area (Å²) in [5.41, 5.74) is 4.95. The molecule has 3 heterocycles. The lowest BCUT2D eigenvalue weighted by Gasteiger charge is -2.49. The van der Waals surface area contributed by atoms with E-state index >= 15 is 0 Å². The predicted molar refractivity (Wildman–Crippen MR) is 144 cm³/mol. The van der Waals surface area contributed by atoms with Crippen LogP contribution in [0.4, 0.5) is 0 Å². The molecule has 5 rings (SSSR count). The minimum Gasteiger partial charge on any atom is -0.477 e. The van der Waals surface area contributed by atoms with Gasteiger partial charge >= 0.3 is 5.97 Å². The van der Waals surface area contributed by atoms with Crippen LogP contribution < -0.4 is 0 Å². The Balaban J connectivity index is 1.35. The van der Waals surface area contributed by atoms with Crippen molar-refractivity contribution in [3.63, 3.8) is 0 Å². The highest BCUT2D eigenvalue weighted by molar-refractivity contribution is 8.00. The second-order valence-electron chi connectivity index (χ2n) is 9.31. The summed E-state index contributed by atoms with van der Waals surface area (Å²) in [6, 6.07) is 13.4. The zero-order valence-electron chi connectivity index (χ0n) is 19.9. The molecular weight excluding hydrogens is 533 g/mol. The number of carboxylic acid groups (broad SMARTS) is 1. The molecule has 6 nitrogen and oxygen atoms in total. The number of alkyl halides is 2. The number of carbonyl (C=O) groups excluding carboxylic acids is 2. The SMILES string of the molecule is O=C(Cc1ccccc1)CC1C(=O)N2C(C(=O)O)=C(/C=C/c3cc4c(cc3CCl)COC(Cl)C4)CSC12. The molecule has 0 radical (unpaired) electrons. The maximum Gasteiger partial charge on any atom is 0.352 e. The Bertz CT molecular complexity index is 1310. The number of β-lactam (4-membered cyclic amide) rings is 1. The van der Waals surface area contributed by atoms with Crippen molar-refractivity contribution in [2.75, 3.05) is 5.75 Å². The third-order valence-electron chi connectivity index (χ3n) is 6.87. The average molecular weight is 558 g/mol. The van der Waals surface area contributed by atoms with Gasteiger partial charge in [0.15, 0.2) is 0 Å². The third-order valence-corrected chi connectivity index (χ3v) is 8.80. The summed E-state index contributed by atoms with van der Waals surface area (Å²) in [6.45, 7) is 0.426. The molecule has 1 fully saturated rings. The molecule has 3 atom stereocenters. The summed E-state index contributed by atoms with van der Waals surface area (Å²) < 4.78 is 5.51. The topological polar surface area (TPSA) is 83.9 Å².